The second kappa shape index (κ2) is 8.61. The topological polar surface area (TPSA) is 20.2 Å². The predicted molar refractivity (Wildman–Crippen MR) is 62.7 cm³/mol. The fraction of sp³-hybridized carbons (Fsp3) is 0.538. The van der Waals surface area contributed by atoms with Crippen LogP contribution in [0.25, 0.3) is 0 Å². The molecule has 1 N–H and O–H groups in total. The third-order valence-corrected chi connectivity index (χ3v) is 1.76. The lowest BCUT2D eigenvalue weighted by atomic mass is 10.1. The van der Waals surface area contributed by atoms with E-state index >= 15 is 0 Å². The van der Waals surface area contributed by atoms with Gasteiger partial charge in [-0.3, -0.25) is 0 Å². The minimum atomic E-state index is 0.352. The Morgan fingerprint density at radius 2 is 1.50 bits per heavy atom. The summed E-state index contributed by atoms with van der Waals surface area (Å²) >= 11 is 0. The van der Waals surface area contributed by atoms with Crippen LogP contribution in [0.2, 0.25) is 0 Å². The number of phenolic OH excluding ortho intramolecular Hbond substituents is 1. The van der Waals surface area contributed by atoms with Gasteiger partial charge in [-0.15, -0.1) is 0 Å². The van der Waals surface area contributed by atoms with Gasteiger partial charge in [0.05, 0.1) is 0 Å². The van der Waals surface area contributed by atoms with E-state index in [4.69, 9.17) is 5.11 Å². The zero-order valence-corrected chi connectivity index (χ0v) is 9.59. The molecule has 80 valence electrons. The number of benzene rings is 1. The fourth-order valence-electron chi connectivity index (χ4n) is 1.04. The highest BCUT2D eigenvalue weighted by atomic mass is 16.3. The van der Waals surface area contributed by atoms with Crippen LogP contribution in [0.1, 0.15) is 45.6 Å². The predicted octanol–water partition coefficient (Wildman–Crippen LogP) is 4.15. The number of unbranched alkanes of at least 4 members (excludes halogenated alkanes) is 1. The maximum atomic E-state index is 8.98. The minimum absolute atomic E-state index is 0.352. The lowest BCUT2D eigenvalue weighted by Crippen LogP contribution is -1.82. The second-order valence-corrected chi connectivity index (χ2v) is 3.48. The summed E-state index contributed by atoms with van der Waals surface area (Å²) in [6, 6.07) is 7.44. The second-order valence-electron chi connectivity index (χ2n) is 3.48. The number of phenols is 1. The molecule has 1 nitrogen and oxygen atoms in total. The monoisotopic (exact) mass is 194 g/mol. The Morgan fingerprint density at radius 1 is 1.00 bits per heavy atom. The molecule has 0 aliphatic rings. The van der Waals surface area contributed by atoms with E-state index < -0.39 is 0 Å². The average molecular weight is 194 g/mol. The van der Waals surface area contributed by atoms with Crippen LogP contribution < -0.4 is 0 Å². The van der Waals surface area contributed by atoms with Crippen LogP contribution in [-0.2, 0) is 6.42 Å². The van der Waals surface area contributed by atoms with E-state index in [-0.39, 0.29) is 0 Å². The molecule has 1 rings (SSSR count). The Kier molecular flexibility index (Phi) is 8.01. The molecule has 0 saturated heterocycles. The van der Waals surface area contributed by atoms with Gasteiger partial charge in [0.1, 0.15) is 5.75 Å². The SMILES string of the molecule is CCC.CCCCc1ccc(O)cc1. The van der Waals surface area contributed by atoms with Gasteiger partial charge in [0.15, 0.2) is 0 Å². The molecule has 0 bridgehead atoms. The quantitative estimate of drug-likeness (QED) is 0.766. The van der Waals surface area contributed by atoms with E-state index in [0.29, 0.717) is 5.75 Å². The zero-order chi connectivity index (χ0) is 10.8. The Labute approximate surface area is 87.8 Å². The minimum Gasteiger partial charge on any atom is -0.508 e. The van der Waals surface area contributed by atoms with Crippen molar-refractivity contribution in [3.63, 3.8) is 0 Å². The third kappa shape index (κ3) is 6.53. The molecular weight excluding hydrogens is 172 g/mol. The summed E-state index contributed by atoms with van der Waals surface area (Å²) in [5, 5.41) is 8.98. The van der Waals surface area contributed by atoms with Gasteiger partial charge in [-0.25, -0.2) is 0 Å². The molecule has 0 spiro atoms. The Balaban J connectivity index is 0.000000500. The van der Waals surface area contributed by atoms with Gasteiger partial charge in [-0.2, -0.15) is 0 Å². The first-order chi connectivity index (χ1) is 6.74. The van der Waals surface area contributed by atoms with Gasteiger partial charge in [0, 0.05) is 0 Å². The van der Waals surface area contributed by atoms with Crippen molar-refractivity contribution >= 4 is 0 Å². The van der Waals surface area contributed by atoms with E-state index in [9.17, 15) is 0 Å². The summed E-state index contributed by atoms with van der Waals surface area (Å²) in [4.78, 5) is 0. The van der Waals surface area contributed by atoms with Crippen molar-refractivity contribution in [2.24, 2.45) is 0 Å². The number of aromatic hydroxyl groups is 1. The molecule has 0 aromatic heterocycles. The van der Waals surface area contributed by atoms with Crippen LogP contribution in [0, 0.1) is 0 Å². The highest BCUT2D eigenvalue weighted by Crippen LogP contribution is 2.11. The average Bonchev–Trinajstić information content (AvgIpc) is 2.18. The van der Waals surface area contributed by atoms with Crippen LogP contribution in [0.15, 0.2) is 24.3 Å². The number of aryl methyl sites for hydroxylation is 1. The van der Waals surface area contributed by atoms with Crippen molar-refractivity contribution in [3.8, 4) is 5.75 Å². The summed E-state index contributed by atoms with van der Waals surface area (Å²) in [7, 11) is 0. The van der Waals surface area contributed by atoms with Crippen molar-refractivity contribution in [2.45, 2.75) is 46.5 Å². The standard InChI is InChI=1S/C10H14O.C3H8/c1-2-3-4-9-5-7-10(11)8-6-9;1-3-2/h5-8,11H,2-4H2,1H3;3H2,1-2H3. The molecule has 0 aliphatic heterocycles. The van der Waals surface area contributed by atoms with E-state index in [1.165, 1.54) is 24.8 Å². The first kappa shape index (κ1) is 13.0. The Hall–Kier alpha value is -0.980. The van der Waals surface area contributed by atoms with Gasteiger partial charge in [-0.05, 0) is 30.5 Å². The highest BCUT2D eigenvalue weighted by Gasteiger charge is 1.91. The van der Waals surface area contributed by atoms with Gasteiger partial charge in [-0.1, -0.05) is 45.7 Å². The van der Waals surface area contributed by atoms with Crippen LogP contribution in [0.3, 0.4) is 0 Å². The van der Waals surface area contributed by atoms with Crippen LogP contribution in [0.5, 0.6) is 5.75 Å². The molecule has 0 amide bonds. The first-order valence-corrected chi connectivity index (χ1v) is 5.52. The summed E-state index contributed by atoms with van der Waals surface area (Å²) in [6.45, 7) is 6.43. The molecule has 0 heterocycles. The summed E-state index contributed by atoms with van der Waals surface area (Å²) in [5.41, 5.74) is 1.31. The lowest BCUT2D eigenvalue weighted by Gasteiger charge is -1.98. The Bertz CT molecular complexity index is 213. The molecule has 0 radical (unpaired) electrons. The number of hydrogen-bond donors (Lipinski definition) is 1. The Morgan fingerprint density at radius 3 is 1.93 bits per heavy atom. The largest absolute Gasteiger partial charge is 0.508 e. The van der Waals surface area contributed by atoms with Crippen LogP contribution in [-0.4, -0.2) is 5.11 Å². The van der Waals surface area contributed by atoms with E-state index in [1.807, 2.05) is 12.1 Å². The maximum Gasteiger partial charge on any atom is 0.115 e. The molecule has 1 aromatic rings. The van der Waals surface area contributed by atoms with Gasteiger partial charge < -0.3 is 5.11 Å². The molecule has 1 aromatic carbocycles. The molecule has 0 fully saturated rings. The van der Waals surface area contributed by atoms with E-state index in [1.54, 1.807) is 12.1 Å². The van der Waals surface area contributed by atoms with E-state index in [0.717, 1.165) is 6.42 Å². The van der Waals surface area contributed by atoms with Gasteiger partial charge >= 0.3 is 0 Å². The number of rotatable bonds is 3. The fourth-order valence-corrected chi connectivity index (χ4v) is 1.04. The highest BCUT2D eigenvalue weighted by molar-refractivity contribution is 5.25. The van der Waals surface area contributed by atoms with E-state index in [2.05, 4.69) is 20.8 Å². The van der Waals surface area contributed by atoms with Crippen LogP contribution >= 0.6 is 0 Å². The third-order valence-electron chi connectivity index (χ3n) is 1.76. The van der Waals surface area contributed by atoms with Gasteiger partial charge in [0.25, 0.3) is 0 Å². The normalized spacial score (nSPS) is 9.07. The number of hydrogen-bond acceptors (Lipinski definition) is 1. The van der Waals surface area contributed by atoms with Crippen molar-refractivity contribution in [1.82, 2.24) is 0 Å². The van der Waals surface area contributed by atoms with Crippen LogP contribution in [0.4, 0.5) is 0 Å². The van der Waals surface area contributed by atoms with Crippen molar-refractivity contribution < 1.29 is 5.11 Å². The molecule has 1 heteroatoms. The lowest BCUT2D eigenvalue weighted by molar-refractivity contribution is 0.475. The first-order valence-electron chi connectivity index (χ1n) is 5.52. The molecule has 0 atom stereocenters. The summed E-state index contributed by atoms with van der Waals surface area (Å²) in [5.74, 6) is 0.352. The zero-order valence-electron chi connectivity index (χ0n) is 9.59. The smallest absolute Gasteiger partial charge is 0.115 e. The van der Waals surface area contributed by atoms with Crippen molar-refractivity contribution in [1.29, 1.82) is 0 Å². The molecule has 0 unspecified atom stereocenters. The summed E-state index contributed by atoms with van der Waals surface area (Å²) < 4.78 is 0. The molecule has 0 saturated carbocycles. The van der Waals surface area contributed by atoms with Gasteiger partial charge in [0.2, 0.25) is 0 Å². The maximum absolute atomic E-state index is 8.98. The molecule has 0 aliphatic carbocycles. The van der Waals surface area contributed by atoms with Crippen molar-refractivity contribution in [2.75, 3.05) is 0 Å². The molecular formula is C13H22O. The summed E-state index contributed by atoms with van der Waals surface area (Å²) in [6.07, 6.45) is 4.82. The van der Waals surface area contributed by atoms with Crippen molar-refractivity contribution in [3.05, 3.63) is 29.8 Å². The molecule has 14 heavy (non-hydrogen) atoms.